The van der Waals surface area contributed by atoms with Crippen LogP contribution in [-0.2, 0) is 13.0 Å². The SMILES string of the molecule is Cc1cccc2c1CC[C@H]2N(Cc1cccnc1C(N)=O)C(=O)c1cccnc1C. The molecule has 0 fully saturated rings. The smallest absolute Gasteiger partial charge is 0.267 e. The second kappa shape index (κ2) is 8.06. The Kier molecular flexibility index (Phi) is 5.31. The third-order valence-corrected chi connectivity index (χ3v) is 5.81. The highest BCUT2D eigenvalue weighted by Gasteiger charge is 2.33. The lowest BCUT2D eigenvalue weighted by Crippen LogP contribution is -2.35. The third-order valence-electron chi connectivity index (χ3n) is 5.81. The molecule has 4 rings (SSSR count). The van der Waals surface area contributed by atoms with Crippen molar-refractivity contribution >= 4 is 11.8 Å². The monoisotopic (exact) mass is 400 g/mol. The van der Waals surface area contributed by atoms with E-state index in [-0.39, 0.29) is 24.2 Å². The number of aryl methyl sites for hydroxylation is 2. The predicted molar refractivity (Wildman–Crippen MR) is 114 cm³/mol. The number of carbonyl (C=O) groups excluding carboxylic acids is 2. The van der Waals surface area contributed by atoms with Gasteiger partial charge in [-0.3, -0.25) is 19.6 Å². The maximum absolute atomic E-state index is 13.7. The number of carbonyl (C=O) groups is 2. The van der Waals surface area contributed by atoms with Crippen molar-refractivity contribution in [3.05, 3.63) is 94.1 Å². The molecule has 2 heterocycles. The van der Waals surface area contributed by atoms with Gasteiger partial charge < -0.3 is 10.6 Å². The van der Waals surface area contributed by atoms with Crippen molar-refractivity contribution in [2.24, 2.45) is 5.73 Å². The average Bonchev–Trinajstić information content (AvgIpc) is 3.17. The number of hydrogen-bond acceptors (Lipinski definition) is 4. The first kappa shape index (κ1) is 19.8. The number of nitrogens with zero attached hydrogens (tertiary/aromatic N) is 3. The van der Waals surface area contributed by atoms with E-state index in [0.29, 0.717) is 16.8 Å². The molecule has 0 radical (unpaired) electrons. The van der Waals surface area contributed by atoms with E-state index in [2.05, 4.69) is 29.0 Å². The summed E-state index contributed by atoms with van der Waals surface area (Å²) < 4.78 is 0. The number of rotatable bonds is 5. The van der Waals surface area contributed by atoms with E-state index in [9.17, 15) is 9.59 Å². The normalized spacial score (nSPS) is 14.9. The minimum atomic E-state index is -0.599. The number of primary amides is 1. The molecule has 0 spiro atoms. The zero-order chi connectivity index (χ0) is 21.3. The maximum atomic E-state index is 13.7. The molecule has 3 aromatic rings. The lowest BCUT2D eigenvalue weighted by molar-refractivity contribution is 0.0654. The van der Waals surface area contributed by atoms with Gasteiger partial charge in [0.2, 0.25) is 0 Å². The highest BCUT2D eigenvalue weighted by Crippen LogP contribution is 2.39. The zero-order valence-corrected chi connectivity index (χ0v) is 17.1. The lowest BCUT2D eigenvalue weighted by atomic mass is 10.0. The molecule has 1 aromatic carbocycles. The molecule has 0 unspecified atom stereocenters. The second-order valence-corrected chi connectivity index (χ2v) is 7.64. The fraction of sp³-hybridized carbons (Fsp3) is 0.250. The standard InChI is InChI=1S/C24H24N4O2/c1-15-6-3-8-20-18(15)10-11-21(20)28(24(30)19-9-5-12-26-16(19)2)14-17-7-4-13-27-22(17)23(25)29/h3-9,12-13,21H,10-11,14H2,1-2H3,(H2,25,29)/t21-/m1/s1. The summed E-state index contributed by atoms with van der Waals surface area (Å²) in [6, 6.07) is 13.3. The van der Waals surface area contributed by atoms with Crippen molar-refractivity contribution in [3.8, 4) is 0 Å². The molecular weight excluding hydrogens is 376 g/mol. The van der Waals surface area contributed by atoms with Crippen molar-refractivity contribution in [1.29, 1.82) is 0 Å². The van der Waals surface area contributed by atoms with Crippen molar-refractivity contribution in [1.82, 2.24) is 14.9 Å². The highest BCUT2D eigenvalue weighted by atomic mass is 16.2. The summed E-state index contributed by atoms with van der Waals surface area (Å²) in [6.07, 6.45) is 4.96. The fourth-order valence-electron chi connectivity index (χ4n) is 4.30. The molecular formula is C24H24N4O2. The van der Waals surface area contributed by atoms with Gasteiger partial charge in [0.1, 0.15) is 5.69 Å². The molecule has 1 atom stereocenters. The number of fused-ring (bicyclic) bond motifs is 1. The molecule has 0 bridgehead atoms. The Hall–Kier alpha value is -3.54. The molecule has 30 heavy (non-hydrogen) atoms. The van der Waals surface area contributed by atoms with E-state index in [1.807, 2.05) is 17.9 Å². The Bertz CT molecular complexity index is 1130. The van der Waals surface area contributed by atoms with Crippen LogP contribution in [0.25, 0.3) is 0 Å². The number of aromatic nitrogens is 2. The van der Waals surface area contributed by atoms with Gasteiger partial charge in [0.25, 0.3) is 11.8 Å². The Labute approximate surface area is 175 Å². The van der Waals surface area contributed by atoms with E-state index in [0.717, 1.165) is 18.4 Å². The number of hydrogen-bond donors (Lipinski definition) is 1. The minimum Gasteiger partial charge on any atom is -0.364 e. The van der Waals surface area contributed by atoms with Crippen LogP contribution in [0.15, 0.2) is 54.9 Å². The molecule has 6 heteroatoms. The van der Waals surface area contributed by atoms with Gasteiger partial charge in [0.15, 0.2) is 0 Å². The zero-order valence-electron chi connectivity index (χ0n) is 17.1. The number of nitrogens with two attached hydrogens (primary N) is 1. The first-order valence-electron chi connectivity index (χ1n) is 10.0. The molecule has 0 saturated heterocycles. The van der Waals surface area contributed by atoms with Crippen LogP contribution >= 0.6 is 0 Å². The van der Waals surface area contributed by atoms with Crippen molar-refractivity contribution in [3.63, 3.8) is 0 Å². The van der Waals surface area contributed by atoms with Crippen LogP contribution in [0, 0.1) is 13.8 Å². The van der Waals surface area contributed by atoms with Gasteiger partial charge in [-0.15, -0.1) is 0 Å². The van der Waals surface area contributed by atoms with Gasteiger partial charge in [0, 0.05) is 30.2 Å². The molecule has 2 aromatic heterocycles. The van der Waals surface area contributed by atoms with E-state index in [4.69, 9.17) is 5.73 Å². The highest BCUT2D eigenvalue weighted by molar-refractivity contribution is 5.96. The lowest BCUT2D eigenvalue weighted by Gasteiger charge is -2.31. The summed E-state index contributed by atoms with van der Waals surface area (Å²) in [4.78, 5) is 35.8. The van der Waals surface area contributed by atoms with Crippen LogP contribution in [-0.4, -0.2) is 26.7 Å². The first-order valence-corrected chi connectivity index (χ1v) is 10.0. The Morgan fingerprint density at radius 2 is 1.83 bits per heavy atom. The maximum Gasteiger partial charge on any atom is 0.267 e. The molecule has 0 aliphatic heterocycles. The molecule has 6 nitrogen and oxygen atoms in total. The van der Waals surface area contributed by atoms with Gasteiger partial charge >= 0.3 is 0 Å². The van der Waals surface area contributed by atoms with Gasteiger partial charge in [-0.05, 0) is 61.6 Å². The van der Waals surface area contributed by atoms with Crippen LogP contribution in [0.5, 0.6) is 0 Å². The van der Waals surface area contributed by atoms with Gasteiger partial charge in [0.05, 0.1) is 11.6 Å². The quantitative estimate of drug-likeness (QED) is 0.710. The molecule has 2 amide bonds. The Morgan fingerprint density at radius 3 is 2.60 bits per heavy atom. The summed E-state index contributed by atoms with van der Waals surface area (Å²) in [5.74, 6) is -0.711. The number of amides is 2. The summed E-state index contributed by atoms with van der Waals surface area (Å²) in [6.45, 7) is 4.18. The Balaban J connectivity index is 1.79. The van der Waals surface area contributed by atoms with Crippen molar-refractivity contribution in [2.45, 2.75) is 39.3 Å². The van der Waals surface area contributed by atoms with Crippen LogP contribution < -0.4 is 5.73 Å². The second-order valence-electron chi connectivity index (χ2n) is 7.64. The van der Waals surface area contributed by atoms with Crippen LogP contribution in [0.1, 0.15) is 61.3 Å². The van der Waals surface area contributed by atoms with E-state index < -0.39 is 5.91 Å². The third kappa shape index (κ3) is 3.56. The fourth-order valence-corrected chi connectivity index (χ4v) is 4.30. The summed E-state index contributed by atoms with van der Waals surface area (Å²) >= 11 is 0. The predicted octanol–water partition coefficient (Wildman–Crippen LogP) is 3.52. The number of benzene rings is 1. The van der Waals surface area contributed by atoms with E-state index >= 15 is 0 Å². The minimum absolute atomic E-state index is 0.0899. The van der Waals surface area contributed by atoms with Crippen LogP contribution in [0.3, 0.4) is 0 Å². The van der Waals surface area contributed by atoms with Crippen molar-refractivity contribution < 1.29 is 9.59 Å². The molecule has 0 saturated carbocycles. The van der Waals surface area contributed by atoms with E-state index in [1.54, 1.807) is 30.5 Å². The number of pyridine rings is 2. The first-order chi connectivity index (χ1) is 14.5. The molecule has 1 aliphatic rings. The van der Waals surface area contributed by atoms with Crippen LogP contribution in [0.2, 0.25) is 0 Å². The molecule has 152 valence electrons. The average molecular weight is 400 g/mol. The van der Waals surface area contributed by atoms with Crippen molar-refractivity contribution in [2.75, 3.05) is 0 Å². The molecule has 1 aliphatic carbocycles. The van der Waals surface area contributed by atoms with Gasteiger partial charge in [-0.25, -0.2) is 0 Å². The summed E-state index contributed by atoms with van der Waals surface area (Å²) in [5, 5.41) is 0. The molecule has 2 N–H and O–H groups in total. The van der Waals surface area contributed by atoms with Gasteiger partial charge in [-0.2, -0.15) is 0 Å². The van der Waals surface area contributed by atoms with E-state index in [1.165, 1.54) is 17.3 Å². The Morgan fingerprint density at radius 1 is 1.07 bits per heavy atom. The van der Waals surface area contributed by atoms with Gasteiger partial charge in [-0.1, -0.05) is 24.3 Å². The van der Waals surface area contributed by atoms with Crippen LogP contribution in [0.4, 0.5) is 0 Å². The summed E-state index contributed by atoms with van der Waals surface area (Å²) in [7, 11) is 0. The topological polar surface area (TPSA) is 89.2 Å². The largest absolute Gasteiger partial charge is 0.364 e. The summed E-state index contributed by atoms with van der Waals surface area (Å²) in [5.41, 5.74) is 11.3.